The molecule has 3 aromatic carbocycles. The van der Waals surface area contributed by atoms with Gasteiger partial charge in [-0.1, -0.05) is 74.5 Å². The van der Waals surface area contributed by atoms with Crippen LogP contribution in [0, 0.1) is 5.92 Å². The average molecular weight is 529 g/mol. The maximum absolute atomic E-state index is 13.3. The number of hydrogen-bond acceptors (Lipinski definition) is 6. The van der Waals surface area contributed by atoms with Crippen LogP contribution in [0.25, 0.3) is 22.4 Å². The second kappa shape index (κ2) is 10.6. The van der Waals surface area contributed by atoms with E-state index in [1.807, 2.05) is 54.6 Å². The highest BCUT2D eigenvalue weighted by Gasteiger charge is 2.23. The van der Waals surface area contributed by atoms with E-state index < -0.39 is 10.0 Å². The molecule has 2 heterocycles. The summed E-state index contributed by atoms with van der Waals surface area (Å²) < 4.78 is 35.1. The first-order valence-corrected chi connectivity index (χ1v) is 13.9. The number of nitrogens with zero attached hydrogens (tertiary/aromatic N) is 2. The Balaban J connectivity index is 1.63. The van der Waals surface area contributed by atoms with Crippen LogP contribution in [0.2, 0.25) is 0 Å². The molecule has 4 aromatic rings. The first-order valence-electron chi connectivity index (χ1n) is 12.4. The number of amides is 1. The fourth-order valence-corrected chi connectivity index (χ4v) is 5.42. The standard InChI is InChI=1S/C29H28N4O4S/c1-19(2)15-22-18-37-27-17-26(25-14-7-6-13-24(25)20-9-4-3-5-10-20)31-29(32-27)33-38(35,36)23-12-8-11-21(16-23)28(34)30-22/h3-14,16-17,19,22H,15,18H2,1-2H3,(H,30,34)(H,31,32,33)/t22-/m1/s1. The van der Waals surface area contributed by atoms with Gasteiger partial charge in [0.2, 0.25) is 11.8 Å². The summed E-state index contributed by atoms with van der Waals surface area (Å²) in [5, 5.41) is 2.98. The number of anilines is 1. The predicted octanol–water partition coefficient (Wildman–Crippen LogP) is 5.15. The lowest BCUT2D eigenvalue weighted by Gasteiger charge is -2.21. The van der Waals surface area contributed by atoms with Crippen molar-refractivity contribution in [3.05, 3.63) is 90.5 Å². The first kappa shape index (κ1) is 25.4. The summed E-state index contributed by atoms with van der Waals surface area (Å²) in [6.45, 7) is 4.28. The van der Waals surface area contributed by atoms with Gasteiger partial charge in [-0.25, -0.2) is 18.1 Å². The van der Waals surface area contributed by atoms with Gasteiger partial charge in [-0.2, -0.15) is 4.98 Å². The molecule has 0 unspecified atom stereocenters. The van der Waals surface area contributed by atoms with Gasteiger partial charge in [0.25, 0.3) is 15.9 Å². The highest BCUT2D eigenvalue weighted by Crippen LogP contribution is 2.33. The van der Waals surface area contributed by atoms with Crippen LogP contribution in [0.5, 0.6) is 5.88 Å². The van der Waals surface area contributed by atoms with Crippen molar-refractivity contribution in [1.82, 2.24) is 15.3 Å². The molecule has 0 saturated carbocycles. The van der Waals surface area contributed by atoms with Gasteiger partial charge in [0.05, 0.1) is 16.6 Å². The van der Waals surface area contributed by atoms with Crippen molar-refractivity contribution >= 4 is 21.9 Å². The lowest BCUT2D eigenvalue weighted by molar-refractivity contribution is 0.0913. The Bertz CT molecular complexity index is 1570. The molecule has 1 aromatic heterocycles. The summed E-state index contributed by atoms with van der Waals surface area (Å²) >= 11 is 0. The van der Waals surface area contributed by atoms with Gasteiger partial charge < -0.3 is 10.1 Å². The minimum absolute atomic E-state index is 0.0639. The fraction of sp³-hybridized carbons (Fsp3) is 0.207. The van der Waals surface area contributed by atoms with Gasteiger partial charge >= 0.3 is 0 Å². The summed E-state index contributed by atoms with van der Waals surface area (Å²) in [6.07, 6.45) is 0.670. The lowest BCUT2D eigenvalue weighted by Crippen LogP contribution is -2.40. The van der Waals surface area contributed by atoms with Crippen LogP contribution in [0.4, 0.5) is 5.95 Å². The smallest absolute Gasteiger partial charge is 0.264 e. The molecule has 8 nitrogen and oxygen atoms in total. The Morgan fingerprint density at radius 2 is 1.61 bits per heavy atom. The normalized spacial score (nSPS) is 16.7. The zero-order valence-corrected chi connectivity index (χ0v) is 21.9. The van der Waals surface area contributed by atoms with E-state index in [1.54, 1.807) is 12.1 Å². The van der Waals surface area contributed by atoms with Crippen molar-refractivity contribution in [3.63, 3.8) is 0 Å². The molecule has 2 N–H and O–H groups in total. The van der Waals surface area contributed by atoms with Crippen LogP contribution < -0.4 is 14.8 Å². The molecule has 1 aliphatic rings. The Labute approximate surface area is 222 Å². The van der Waals surface area contributed by atoms with Crippen molar-refractivity contribution in [2.45, 2.75) is 31.2 Å². The second-order valence-electron chi connectivity index (χ2n) is 9.57. The van der Waals surface area contributed by atoms with E-state index in [0.717, 1.165) is 16.7 Å². The summed E-state index contributed by atoms with van der Waals surface area (Å²) in [6, 6.07) is 24.9. The molecule has 9 heteroatoms. The topological polar surface area (TPSA) is 110 Å². The highest BCUT2D eigenvalue weighted by molar-refractivity contribution is 7.92. The number of nitrogens with one attached hydrogen (secondary N) is 2. The molecule has 0 fully saturated rings. The Kier molecular flexibility index (Phi) is 7.11. The molecule has 38 heavy (non-hydrogen) atoms. The minimum Gasteiger partial charge on any atom is -0.475 e. The Hall–Kier alpha value is -4.24. The third kappa shape index (κ3) is 5.68. The Morgan fingerprint density at radius 3 is 2.37 bits per heavy atom. The van der Waals surface area contributed by atoms with Gasteiger partial charge in [-0.3, -0.25) is 4.79 Å². The molecule has 5 rings (SSSR count). The quantitative estimate of drug-likeness (QED) is 0.379. The molecule has 0 saturated heterocycles. The van der Waals surface area contributed by atoms with Crippen molar-refractivity contribution in [3.8, 4) is 28.3 Å². The Morgan fingerprint density at radius 1 is 0.895 bits per heavy atom. The van der Waals surface area contributed by atoms with Crippen molar-refractivity contribution < 1.29 is 17.9 Å². The number of benzene rings is 3. The number of carbonyl (C=O) groups excluding carboxylic acids is 1. The molecule has 1 atom stereocenters. The van der Waals surface area contributed by atoms with Gasteiger partial charge in [-0.05, 0) is 41.7 Å². The number of fused-ring (bicyclic) bond motifs is 4. The summed E-state index contributed by atoms with van der Waals surface area (Å²) in [5.74, 6) is 0.00212. The number of hydrogen-bond donors (Lipinski definition) is 2. The van der Waals surface area contributed by atoms with E-state index >= 15 is 0 Å². The van der Waals surface area contributed by atoms with E-state index in [2.05, 4.69) is 33.9 Å². The minimum atomic E-state index is -4.09. The third-order valence-corrected chi connectivity index (χ3v) is 7.47. The van der Waals surface area contributed by atoms with Crippen LogP contribution in [0.1, 0.15) is 30.6 Å². The SMILES string of the molecule is CC(C)C[C@@H]1COc2cc(-c3ccccc3-c3ccccc3)nc(n2)NS(=O)(=O)c2cccc(c2)C(=O)N1. The van der Waals surface area contributed by atoms with E-state index in [-0.39, 0.29) is 40.8 Å². The van der Waals surface area contributed by atoms with E-state index in [0.29, 0.717) is 18.0 Å². The van der Waals surface area contributed by atoms with Crippen LogP contribution in [-0.2, 0) is 10.0 Å². The summed E-state index contributed by atoms with van der Waals surface area (Å²) in [7, 11) is -4.09. The summed E-state index contributed by atoms with van der Waals surface area (Å²) in [4.78, 5) is 21.8. The molecule has 1 amide bonds. The zero-order chi connectivity index (χ0) is 26.7. The number of carbonyl (C=O) groups is 1. The van der Waals surface area contributed by atoms with Crippen LogP contribution in [0.3, 0.4) is 0 Å². The van der Waals surface area contributed by atoms with Crippen LogP contribution in [-0.4, -0.2) is 36.9 Å². The molecule has 0 radical (unpaired) electrons. The zero-order valence-electron chi connectivity index (χ0n) is 21.1. The van der Waals surface area contributed by atoms with E-state index in [1.165, 1.54) is 18.2 Å². The van der Waals surface area contributed by atoms with Gasteiger partial charge in [0, 0.05) is 17.2 Å². The largest absolute Gasteiger partial charge is 0.475 e. The maximum atomic E-state index is 13.3. The van der Waals surface area contributed by atoms with Crippen LogP contribution >= 0.6 is 0 Å². The average Bonchev–Trinajstić information content (AvgIpc) is 2.91. The molecule has 4 bridgehead atoms. The molecule has 0 spiro atoms. The maximum Gasteiger partial charge on any atom is 0.264 e. The second-order valence-corrected chi connectivity index (χ2v) is 11.3. The number of sulfonamides is 1. The summed E-state index contributed by atoms with van der Waals surface area (Å²) in [5.41, 5.74) is 3.46. The number of rotatable bonds is 4. The van der Waals surface area contributed by atoms with Crippen molar-refractivity contribution in [2.75, 3.05) is 11.3 Å². The highest BCUT2D eigenvalue weighted by atomic mass is 32.2. The van der Waals surface area contributed by atoms with Crippen LogP contribution in [0.15, 0.2) is 89.8 Å². The van der Waals surface area contributed by atoms with Gasteiger partial charge in [-0.15, -0.1) is 0 Å². The fourth-order valence-electron chi connectivity index (χ4n) is 4.43. The van der Waals surface area contributed by atoms with Crippen molar-refractivity contribution in [2.24, 2.45) is 5.92 Å². The van der Waals surface area contributed by atoms with E-state index in [9.17, 15) is 13.2 Å². The lowest BCUT2D eigenvalue weighted by atomic mass is 9.97. The van der Waals surface area contributed by atoms with Gasteiger partial charge in [0.15, 0.2) is 0 Å². The molecular weight excluding hydrogens is 500 g/mol. The molecule has 194 valence electrons. The number of ether oxygens (including phenoxy) is 1. The van der Waals surface area contributed by atoms with Gasteiger partial charge in [0.1, 0.15) is 6.61 Å². The molecular formula is C29H28N4O4S. The predicted molar refractivity (Wildman–Crippen MR) is 146 cm³/mol. The van der Waals surface area contributed by atoms with E-state index in [4.69, 9.17) is 4.74 Å². The third-order valence-electron chi connectivity index (χ3n) is 6.15. The number of aromatic nitrogens is 2. The molecule has 0 aliphatic carbocycles. The first-order chi connectivity index (χ1) is 18.3. The van der Waals surface area contributed by atoms with Crippen molar-refractivity contribution in [1.29, 1.82) is 0 Å². The monoisotopic (exact) mass is 528 g/mol. The molecule has 1 aliphatic heterocycles.